The molecule has 1 heterocycles. The molecule has 2 amide bonds. The summed E-state index contributed by atoms with van der Waals surface area (Å²) in [6.45, 7) is 1.42. The first-order chi connectivity index (χ1) is 9.04. The van der Waals surface area contributed by atoms with Gasteiger partial charge < -0.3 is 10.6 Å². The first kappa shape index (κ1) is 12.8. The van der Waals surface area contributed by atoms with E-state index in [4.69, 9.17) is 0 Å². The first-order valence-electron chi connectivity index (χ1n) is 5.73. The Morgan fingerprint density at radius 3 is 2.63 bits per heavy atom. The van der Waals surface area contributed by atoms with Crippen molar-refractivity contribution in [2.75, 3.05) is 10.6 Å². The molecule has 0 saturated carbocycles. The summed E-state index contributed by atoms with van der Waals surface area (Å²) in [6, 6.07) is 8.41. The number of hydrogen-bond acceptors (Lipinski definition) is 3. The zero-order chi connectivity index (χ0) is 13.8. The van der Waals surface area contributed by atoms with Crippen molar-refractivity contribution < 1.29 is 9.59 Å². The molecule has 0 aliphatic rings. The molecule has 0 fully saturated rings. The van der Waals surface area contributed by atoms with Crippen LogP contribution in [0.5, 0.6) is 0 Å². The van der Waals surface area contributed by atoms with E-state index in [1.165, 1.54) is 6.92 Å². The van der Waals surface area contributed by atoms with Crippen molar-refractivity contribution in [2.45, 2.75) is 6.92 Å². The van der Waals surface area contributed by atoms with Crippen LogP contribution in [0.4, 0.5) is 11.5 Å². The number of anilines is 2. The molecule has 0 unspecified atom stereocenters. The second-order valence-electron chi connectivity index (χ2n) is 4.09. The second kappa shape index (κ2) is 5.34. The average Bonchev–Trinajstić information content (AvgIpc) is 2.74. The van der Waals surface area contributed by atoms with Crippen LogP contribution in [0.25, 0.3) is 0 Å². The molecule has 0 bridgehead atoms. The van der Waals surface area contributed by atoms with Crippen molar-refractivity contribution >= 4 is 23.3 Å². The van der Waals surface area contributed by atoms with Gasteiger partial charge in [0.15, 0.2) is 5.82 Å². The van der Waals surface area contributed by atoms with E-state index in [1.54, 1.807) is 48.3 Å². The van der Waals surface area contributed by atoms with Crippen molar-refractivity contribution in [3.05, 3.63) is 42.1 Å². The van der Waals surface area contributed by atoms with E-state index in [0.29, 0.717) is 17.1 Å². The third-order valence-electron chi connectivity index (χ3n) is 2.40. The van der Waals surface area contributed by atoms with Crippen LogP contribution < -0.4 is 10.6 Å². The summed E-state index contributed by atoms with van der Waals surface area (Å²) >= 11 is 0. The highest BCUT2D eigenvalue weighted by atomic mass is 16.2. The number of benzene rings is 1. The second-order valence-corrected chi connectivity index (χ2v) is 4.09. The van der Waals surface area contributed by atoms with Gasteiger partial charge in [0.2, 0.25) is 5.91 Å². The summed E-state index contributed by atoms with van der Waals surface area (Å²) in [4.78, 5) is 23.0. The molecule has 0 atom stereocenters. The Labute approximate surface area is 110 Å². The Morgan fingerprint density at radius 2 is 2.00 bits per heavy atom. The molecular weight excluding hydrogens is 244 g/mol. The number of hydrogen-bond donors (Lipinski definition) is 2. The fraction of sp³-hybridized carbons (Fsp3) is 0.154. The molecule has 6 heteroatoms. The minimum absolute atomic E-state index is 0.178. The van der Waals surface area contributed by atoms with Gasteiger partial charge in [-0.3, -0.25) is 14.3 Å². The number of nitrogens with one attached hydrogen (secondary N) is 2. The molecule has 2 N–H and O–H groups in total. The quantitative estimate of drug-likeness (QED) is 0.878. The monoisotopic (exact) mass is 258 g/mol. The Kier molecular flexibility index (Phi) is 3.61. The summed E-state index contributed by atoms with van der Waals surface area (Å²) < 4.78 is 1.60. The molecule has 6 nitrogen and oxygen atoms in total. The minimum atomic E-state index is -0.272. The van der Waals surface area contributed by atoms with E-state index >= 15 is 0 Å². The van der Waals surface area contributed by atoms with E-state index in [2.05, 4.69) is 15.7 Å². The molecule has 19 heavy (non-hydrogen) atoms. The van der Waals surface area contributed by atoms with Gasteiger partial charge >= 0.3 is 0 Å². The number of rotatable bonds is 3. The lowest BCUT2D eigenvalue weighted by Gasteiger charge is -2.05. The molecule has 0 aliphatic carbocycles. The van der Waals surface area contributed by atoms with Gasteiger partial charge in [0.1, 0.15) is 0 Å². The van der Waals surface area contributed by atoms with Gasteiger partial charge in [0.05, 0.1) is 0 Å². The van der Waals surface area contributed by atoms with E-state index in [-0.39, 0.29) is 11.8 Å². The number of aromatic nitrogens is 2. The van der Waals surface area contributed by atoms with Gasteiger partial charge in [0.25, 0.3) is 5.91 Å². The number of nitrogens with zero attached hydrogens (tertiary/aromatic N) is 2. The van der Waals surface area contributed by atoms with Gasteiger partial charge in [-0.05, 0) is 18.2 Å². The largest absolute Gasteiger partial charge is 0.326 e. The molecule has 0 saturated heterocycles. The maximum atomic E-state index is 12.0. The zero-order valence-electron chi connectivity index (χ0n) is 10.7. The lowest BCUT2D eigenvalue weighted by molar-refractivity contribution is -0.114. The number of carbonyl (C=O) groups is 2. The van der Waals surface area contributed by atoms with Gasteiger partial charge in [-0.1, -0.05) is 6.07 Å². The summed E-state index contributed by atoms with van der Waals surface area (Å²) in [6.07, 6.45) is 1.74. The summed E-state index contributed by atoms with van der Waals surface area (Å²) in [5, 5.41) is 9.37. The van der Waals surface area contributed by atoms with E-state index in [0.717, 1.165) is 0 Å². The fourth-order valence-electron chi connectivity index (χ4n) is 1.61. The summed E-state index contributed by atoms with van der Waals surface area (Å²) in [5.41, 5.74) is 1.04. The van der Waals surface area contributed by atoms with Crippen LogP contribution in [-0.4, -0.2) is 21.6 Å². The average molecular weight is 258 g/mol. The molecule has 1 aromatic heterocycles. The molecule has 1 aromatic carbocycles. The predicted octanol–water partition coefficient (Wildman–Crippen LogP) is 1.63. The van der Waals surface area contributed by atoms with Crippen molar-refractivity contribution in [1.82, 2.24) is 9.78 Å². The summed E-state index contributed by atoms with van der Waals surface area (Å²) in [7, 11) is 1.77. The van der Waals surface area contributed by atoms with Crippen molar-refractivity contribution in [3.63, 3.8) is 0 Å². The van der Waals surface area contributed by atoms with Crippen molar-refractivity contribution in [1.29, 1.82) is 0 Å². The Balaban J connectivity index is 2.12. The normalized spacial score (nSPS) is 10.0. The molecule has 2 rings (SSSR count). The van der Waals surface area contributed by atoms with Crippen LogP contribution >= 0.6 is 0 Å². The minimum Gasteiger partial charge on any atom is -0.326 e. The Bertz CT molecular complexity index is 619. The van der Waals surface area contributed by atoms with Crippen LogP contribution in [0.1, 0.15) is 17.3 Å². The molecule has 0 radical (unpaired) electrons. The smallest absolute Gasteiger partial charge is 0.256 e. The van der Waals surface area contributed by atoms with Gasteiger partial charge in [-0.25, -0.2) is 0 Å². The number of carbonyl (C=O) groups excluding carboxylic acids is 2. The number of aryl methyl sites for hydroxylation is 1. The predicted molar refractivity (Wildman–Crippen MR) is 71.9 cm³/mol. The standard InChI is InChI=1S/C13H14N4O2/c1-9(18)14-11-5-3-4-10(8-11)13(19)15-12-6-7-17(2)16-12/h3-8H,1-2H3,(H,14,18)(H,15,16,19). The first-order valence-corrected chi connectivity index (χ1v) is 5.73. The fourth-order valence-corrected chi connectivity index (χ4v) is 1.61. The molecular formula is C13H14N4O2. The van der Waals surface area contributed by atoms with Crippen molar-refractivity contribution in [2.24, 2.45) is 7.05 Å². The molecule has 0 aliphatic heterocycles. The van der Waals surface area contributed by atoms with Crippen LogP contribution in [0.3, 0.4) is 0 Å². The highest BCUT2D eigenvalue weighted by Crippen LogP contribution is 2.12. The van der Waals surface area contributed by atoms with E-state index < -0.39 is 0 Å². The van der Waals surface area contributed by atoms with Crippen LogP contribution in [0.15, 0.2) is 36.5 Å². The van der Waals surface area contributed by atoms with E-state index in [9.17, 15) is 9.59 Å². The topological polar surface area (TPSA) is 76.0 Å². The third kappa shape index (κ3) is 3.41. The molecule has 98 valence electrons. The SMILES string of the molecule is CC(=O)Nc1cccc(C(=O)Nc2ccn(C)n2)c1. The lowest BCUT2D eigenvalue weighted by atomic mass is 10.2. The van der Waals surface area contributed by atoms with Gasteiger partial charge in [-0.2, -0.15) is 5.10 Å². The van der Waals surface area contributed by atoms with Gasteiger partial charge in [-0.15, -0.1) is 0 Å². The Hall–Kier alpha value is -2.63. The Morgan fingerprint density at radius 1 is 1.21 bits per heavy atom. The third-order valence-corrected chi connectivity index (χ3v) is 2.40. The van der Waals surface area contributed by atoms with Crippen LogP contribution in [-0.2, 0) is 11.8 Å². The molecule has 2 aromatic rings. The van der Waals surface area contributed by atoms with Crippen molar-refractivity contribution in [3.8, 4) is 0 Å². The zero-order valence-corrected chi connectivity index (χ0v) is 10.7. The number of amides is 2. The maximum Gasteiger partial charge on any atom is 0.256 e. The molecule has 0 spiro atoms. The lowest BCUT2D eigenvalue weighted by Crippen LogP contribution is -2.13. The summed E-state index contributed by atoms with van der Waals surface area (Å²) in [5.74, 6) is 0.0330. The maximum absolute atomic E-state index is 12.0. The van der Waals surface area contributed by atoms with Crippen LogP contribution in [0, 0.1) is 0 Å². The highest BCUT2D eigenvalue weighted by molar-refractivity contribution is 6.04. The van der Waals surface area contributed by atoms with E-state index in [1.807, 2.05) is 0 Å². The highest BCUT2D eigenvalue weighted by Gasteiger charge is 2.08. The van der Waals surface area contributed by atoms with Crippen LogP contribution in [0.2, 0.25) is 0 Å². The van der Waals surface area contributed by atoms with Gasteiger partial charge in [0, 0.05) is 37.5 Å².